The molecule has 1 aromatic carbocycles. The molecule has 0 aliphatic heterocycles. The number of nitrogens with one attached hydrogen (secondary N) is 1. The van der Waals surface area contributed by atoms with Crippen LogP contribution in [0.4, 0.5) is 10.2 Å². The molecule has 0 fully saturated rings. The fourth-order valence-corrected chi connectivity index (χ4v) is 3.23. The van der Waals surface area contributed by atoms with E-state index < -0.39 is 11.8 Å². The van der Waals surface area contributed by atoms with Crippen LogP contribution in [0.25, 0.3) is 0 Å². The van der Waals surface area contributed by atoms with Gasteiger partial charge in [-0.15, -0.1) is 0 Å². The number of aryl methyl sites for hydroxylation is 2. The van der Waals surface area contributed by atoms with Crippen molar-refractivity contribution in [3.8, 4) is 0 Å². The van der Waals surface area contributed by atoms with Crippen molar-refractivity contribution in [2.24, 2.45) is 0 Å². The topological polar surface area (TPSA) is 69.0 Å². The Balaban J connectivity index is 1.63. The Kier molecular flexibility index (Phi) is 6.76. The van der Waals surface area contributed by atoms with Crippen molar-refractivity contribution in [2.45, 2.75) is 25.9 Å². The van der Waals surface area contributed by atoms with Gasteiger partial charge in [-0.05, 0) is 40.4 Å². The van der Waals surface area contributed by atoms with Crippen LogP contribution in [-0.2, 0) is 24.2 Å². The predicted molar refractivity (Wildman–Crippen MR) is 108 cm³/mol. The van der Waals surface area contributed by atoms with Gasteiger partial charge >= 0.3 is 5.97 Å². The Hall–Kier alpha value is -2.74. The average molecular weight is 447 g/mol. The number of aromatic nitrogens is 3. The highest BCUT2D eigenvalue weighted by atomic mass is 79.9. The summed E-state index contributed by atoms with van der Waals surface area (Å²) in [4.78, 5) is 20.0. The molecule has 0 amide bonds. The lowest BCUT2D eigenvalue weighted by atomic mass is 10.1. The van der Waals surface area contributed by atoms with E-state index in [1.54, 1.807) is 6.20 Å². The lowest BCUT2D eigenvalue weighted by Crippen LogP contribution is -2.13. The molecule has 0 unspecified atom stereocenters. The standard InChI is InChI=1S/C20H20BrFN4O2/c1-28-20(27)18-16(22)12-15(21)19(25-18)24-13-17-23-9-11-26(17)10-5-8-14-6-3-2-4-7-14/h2-4,6-7,9,11-12H,5,8,10,13H2,1H3,(H,24,25). The molecule has 3 aromatic rings. The minimum absolute atomic E-state index is 0.348. The van der Waals surface area contributed by atoms with Crippen LogP contribution >= 0.6 is 15.9 Å². The monoisotopic (exact) mass is 446 g/mol. The van der Waals surface area contributed by atoms with Gasteiger partial charge in [0, 0.05) is 18.9 Å². The normalized spacial score (nSPS) is 10.7. The summed E-state index contributed by atoms with van der Waals surface area (Å²) in [6.45, 7) is 1.22. The number of hydrogen-bond donors (Lipinski definition) is 1. The number of carbonyl (C=O) groups excluding carboxylic acids is 1. The van der Waals surface area contributed by atoms with Gasteiger partial charge in [0.2, 0.25) is 0 Å². The van der Waals surface area contributed by atoms with Gasteiger partial charge in [-0.2, -0.15) is 0 Å². The third-order valence-electron chi connectivity index (χ3n) is 4.23. The highest BCUT2D eigenvalue weighted by Crippen LogP contribution is 2.23. The Bertz CT molecular complexity index is 947. The van der Waals surface area contributed by atoms with Crippen LogP contribution in [0, 0.1) is 5.82 Å². The van der Waals surface area contributed by atoms with Crippen molar-refractivity contribution in [3.63, 3.8) is 0 Å². The number of pyridine rings is 1. The van der Waals surface area contributed by atoms with Crippen LogP contribution in [-0.4, -0.2) is 27.6 Å². The van der Waals surface area contributed by atoms with Gasteiger partial charge in [0.15, 0.2) is 11.5 Å². The highest BCUT2D eigenvalue weighted by Gasteiger charge is 2.18. The number of anilines is 1. The van der Waals surface area contributed by atoms with E-state index in [1.807, 2.05) is 24.4 Å². The Labute approximate surface area is 170 Å². The summed E-state index contributed by atoms with van der Waals surface area (Å²) < 4.78 is 20.9. The van der Waals surface area contributed by atoms with Gasteiger partial charge in [0.05, 0.1) is 18.1 Å². The van der Waals surface area contributed by atoms with Crippen LogP contribution in [0.3, 0.4) is 0 Å². The van der Waals surface area contributed by atoms with Crippen molar-refractivity contribution in [2.75, 3.05) is 12.4 Å². The number of methoxy groups -OCH3 is 1. The second kappa shape index (κ2) is 9.45. The molecule has 0 bridgehead atoms. The zero-order valence-electron chi connectivity index (χ0n) is 15.4. The number of imidazole rings is 1. The molecule has 146 valence electrons. The first-order chi connectivity index (χ1) is 13.6. The molecular formula is C20H20BrFN4O2. The maximum absolute atomic E-state index is 13.9. The van der Waals surface area contributed by atoms with Crippen molar-refractivity contribution in [3.05, 3.63) is 76.2 Å². The Morgan fingerprint density at radius 3 is 2.86 bits per heavy atom. The molecule has 6 nitrogen and oxygen atoms in total. The third kappa shape index (κ3) is 4.95. The molecule has 28 heavy (non-hydrogen) atoms. The third-order valence-corrected chi connectivity index (χ3v) is 4.84. The quantitative estimate of drug-likeness (QED) is 0.524. The predicted octanol–water partition coefficient (Wildman–Crippen LogP) is 4.21. The van der Waals surface area contributed by atoms with E-state index in [2.05, 4.69) is 52.7 Å². The fourth-order valence-electron chi connectivity index (χ4n) is 2.80. The number of rotatable bonds is 8. The molecule has 0 saturated heterocycles. The molecule has 0 aliphatic rings. The second-order valence-corrected chi connectivity index (χ2v) is 6.97. The van der Waals surface area contributed by atoms with Crippen molar-refractivity contribution in [1.29, 1.82) is 0 Å². The SMILES string of the molecule is COC(=O)c1nc(NCc2nccn2CCCc2ccccc2)c(Br)cc1F. The summed E-state index contributed by atoms with van der Waals surface area (Å²) in [6.07, 6.45) is 5.64. The molecule has 0 atom stereocenters. The molecule has 3 rings (SSSR count). The number of ether oxygens (including phenoxy) is 1. The number of halogens is 2. The minimum atomic E-state index is -0.824. The van der Waals surface area contributed by atoms with Crippen molar-refractivity contribution >= 4 is 27.7 Å². The first kappa shape index (κ1) is 20.0. The van der Waals surface area contributed by atoms with Gasteiger partial charge in [0.1, 0.15) is 11.6 Å². The largest absolute Gasteiger partial charge is 0.464 e. The summed E-state index contributed by atoms with van der Waals surface area (Å²) in [5.41, 5.74) is 0.941. The summed E-state index contributed by atoms with van der Waals surface area (Å²) in [6, 6.07) is 11.5. The summed E-state index contributed by atoms with van der Waals surface area (Å²) in [5, 5.41) is 3.09. The molecule has 1 N–H and O–H groups in total. The van der Waals surface area contributed by atoms with Crippen molar-refractivity contribution < 1.29 is 13.9 Å². The van der Waals surface area contributed by atoms with Crippen LogP contribution in [0.1, 0.15) is 28.3 Å². The van der Waals surface area contributed by atoms with Crippen LogP contribution < -0.4 is 5.32 Å². The smallest absolute Gasteiger partial charge is 0.359 e. The minimum Gasteiger partial charge on any atom is -0.464 e. The zero-order chi connectivity index (χ0) is 19.9. The van der Waals surface area contributed by atoms with E-state index >= 15 is 0 Å². The van der Waals surface area contributed by atoms with E-state index in [0.29, 0.717) is 16.8 Å². The first-order valence-corrected chi connectivity index (χ1v) is 9.60. The Morgan fingerprint density at radius 2 is 2.11 bits per heavy atom. The summed E-state index contributed by atoms with van der Waals surface area (Å²) in [5.74, 6) is -0.395. The molecule has 0 saturated carbocycles. The molecule has 0 aliphatic carbocycles. The maximum atomic E-state index is 13.9. The molecule has 0 radical (unpaired) electrons. The number of hydrogen-bond acceptors (Lipinski definition) is 5. The Morgan fingerprint density at radius 1 is 1.32 bits per heavy atom. The van der Waals surface area contributed by atoms with E-state index in [-0.39, 0.29) is 5.69 Å². The highest BCUT2D eigenvalue weighted by molar-refractivity contribution is 9.10. The second-order valence-electron chi connectivity index (χ2n) is 6.12. The fraction of sp³-hybridized carbons (Fsp3) is 0.250. The molecular weight excluding hydrogens is 427 g/mol. The first-order valence-electron chi connectivity index (χ1n) is 8.80. The lowest BCUT2D eigenvalue weighted by molar-refractivity contribution is 0.0588. The number of carbonyl (C=O) groups is 1. The van der Waals surface area contributed by atoms with E-state index in [4.69, 9.17) is 0 Å². The van der Waals surface area contributed by atoms with Crippen molar-refractivity contribution in [1.82, 2.24) is 14.5 Å². The van der Waals surface area contributed by atoms with Crippen LogP contribution in [0.2, 0.25) is 0 Å². The van der Waals surface area contributed by atoms with Crippen LogP contribution in [0.5, 0.6) is 0 Å². The molecule has 2 aromatic heterocycles. The molecule has 2 heterocycles. The number of benzene rings is 1. The molecule has 8 heteroatoms. The summed E-state index contributed by atoms with van der Waals surface area (Å²) in [7, 11) is 1.19. The van der Waals surface area contributed by atoms with Gasteiger partial charge in [0.25, 0.3) is 0 Å². The van der Waals surface area contributed by atoms with Gasteiger partial charge in [-0.3, -0.25) is 0 Å². The van der Waals surface area contributed by atoms with E-state index in [1.165, 1.54) is 18.7 Å². The van der Waals surface area contributed by atoms with E-state index in [0.717, 1.165) is 25.2 Å². The number of nitrogens with zero attached hydrogens (tertiary/aromatic N) is 3. The van der Waals surface area contributed by atoms with Gasteiger partial charge in [-0.1, -0.05) is 30.3 Å². The van der Waals surface area contributed by atoms with Gasteiger partial charge in [-0.25, -0.2) is 19.2 Å². The lowest BCUT2D eigenvalue weighted by Gasteiger charge is -2.11. The maximum Gasteiger partial charge on any atom is 0.359 e. The van der Waals surface area contributed by atoms with E-state index in [9.17, 15) is 9.18 Å². The number of esters is 1. The van der Waals surface area contributed by atoms with Gasteiger partial charge < -0.3 is 14.6 Å². The van der Waals surface area contributed by atoms with Crippen LogP contribution in [0.15, 0.2) is 53.3 Å². The average Bonchev–Trinajstić information content (AvgIpc) is 3.15. The summed E-state index contributed by atoms with van der Waals surface area (Å²) >= 11 is 3.26. The molecule has 0 spiro atoms. The zero-order valence-corrected chi connectivity index (χ0v) is 16.9.